The van der Waals surface area contributed by atoms with Crippen molar-refractivity contribution in [1.29, 1.82) is 0 Å². The zero-order valence-corrected chi connectivity index (χ0v) is 20.9. The van der Waals surface area contributed by atoms with Gasteiger partial charge in [0.05, 0.1) is 11.4 Å². The van der Waals surface area contributed by atoms with Crippen LogP contribution in [0.15, 0.2) is 40.3 Å². The van der Waals surface area contributed by atoms with E-state index in [0.29, 0.717) is 28.9 Å². The van der Waals surface area contributed by atoms with Crippen molar-refractivity contribution in [2.24, 2.45) is 9.98 Å². The molecule has 3 heterocycles. The summed E-state index contributed by atoms with van der Waals surface area (Å²) in [7, 11) is 0. The fraction of sp³-hybridized carbons (Fsp3) is 0.440. The Morgan fingerprint density at radius 1 is 1.17 bits per heavy atom. The van der Waals surface area contributed by atoms with Crippen molar-refractivity contribution >= 4 is 52.0 Å². The number of fused-ring (bicyclic) bond motifs is 3. The van der Waals surface area contributed by atoms with Crippen molar-refractivity contribution in [2.75, 3.05) is 11.1 Å². The van der Waals surface area contributed by atoms with E-state index in [1.807, 2.05) is 31.2 Å². The van der Waals surface area contributed by atoms with Crippen LogP contribution in [0.25, 0.3) is 0 Å². The van der Waals surface area contributed by atoms with Gasteiger partial charge in [-0.1, -0.05) is 43.2 Å². The van der Waals surface area contributed by atoms with Gasteiger partial charge in [-0.25, -0.2) is 9.89 Å². The summed E-state index contributed by atoms with van der Waals surface area (Å²) >= 11 is 1.17. The molecule has 0 spiro atoms. The van der Waals surface area contributed by atoms with E-state index in [2.05, 4.69) is 25.8 Å². The minimum atomic E-state index is -0.657. The smallest absolute Gasteiger partial charge is 0.259 e. The van der Waals surface area contributed by atoms with Crippen molar-refractivity contribution < 1.29 is 14.4 Å². The number of anilines is 1. The van der Waals surface area contributed by atoms with Gasteiger partial charge in [0.25, 0.3) is 5.91 Å². The van der Waals surface area contributed by atoms with Crippen molar-refractivity contribution in [3.05, 3.63) is 41.6 Å². The van der Waals surface area contributed by atoms with Gasteiger partial charge in [-0.2, -0.15) is 5.10 Å². The summed E-state index contributed by atoms with van der Waals surface area (Å²) < 4.78 is 0. The summed E-state index contributed by atoms with van der Waals surface area (Å²) in [5, 5.41) is 13.0. The monoisotopic (exact) mass is 507 g/mol. The van der Waals surface area contributed by atoms with E-state index in [9.17, 15) is 14.4 Å². The quantitative estimate of drug-likeness (QED) is 0.529. The van der Waals surface area contributed by atoms with Crippen LogP contribution in [-0.2, 0) is 14.4 Å². The predicted octanol–water partition coefficient (Wildman–Crippen LogP) is 3.28. The predicted molar refractivity (Wildman–Crippen MR) is 139 cm³/mol. The second-order valence-electron chi connectivity index (χ2n) is 9.27. The molecule has 1 aromatic carbocycles. The molecule has 3 N–H and O–H groups in total. The van der Waals surface area contributed by atoms with Crippen LogP contribution in [0.3, 0.4) is 0 Å². The van der Waals surface area contributed by atoms with Crippen LogP contribution in [0.5, 0.6) is 0 Å². The summed E-state index contributed by atoms with van der Waals surface area (Å²) in [6.45, 7) is 1.85. The van der Waals surface area contributed by atoms with Crippen LogP contribution in [-0.4, -0.2) is 61.7 Å². The van der Waals surface area contributed by atoms with Crippen LogP contribution in [0.4, 0.5) is 11.5 Å². The zero-order chi connectivity index (χ0) is 25.1. The summed E-state index contributed by atoms with van der Waals surface area (Å²) in [5.74, 6) is 0.509. The highest BCUT2D eigenvalue weighted by molar-refractivity contribution is 8.14. The number of hydrogen-bond donors (Lipinski definition) is 3. The Labute approximate surface area is 213 Å². The van der Waals surface area contributed by atoms with Gasteiger partial charge in [0, 0.05) is 29.8 Å². The second-order valence-corrected chi connectivity index (χ2v) is 10.2. The number of hydrogen-bond acceptors (Lipinski definition) is 7. The average Bonchev–Trinajstić information content (AvgIpc) is 3.44. The number of aliphatic imine (C=N–C) groups is 2. The molecule has 188 valence electrons. The fourth-order valence-electron chi connectivity index (χ4n) is 4.69. The van der Waals surface area contributed by atoms with Crippen molar-refractivity contribution in [3.63, 3.8) is 0 Å². The first-order valence-electron chi connectivity index (χ1n) is 12.3. The molecule has 1 aromatic heterocycles. The van der Waals surface area contributed by atoms with Crippen LogP contribution in [0.1, 0.15) is 56.2 Å². The molecule has 36 heavy (non-hydrogen) atoms. The molecule has 1 aliphatic carbocycles. The van der Waals surface area contributed by atoms with Crippen LogP contribution >= 0.6 is 11.8 Å². The molecule has 0 unspecified atom stereocenters. The fourth-order valence-corrected chi connectivity index (χ4v) is 5.49. The lowest BCUT2D eigenvalue weighted by atomic mass is 9.95. The highest BCUT2D eigenvalue weighted by Crippen LogP contribution is 2.34. The normalized spacial score (nSPS) is 19.3. The lowest BCUT2D eigenvalue weighted by molar-refractivity contribution is -0.125. The van der Waals surface area contributed by atoms with Gasteiger partial charge in [-0.3, -0.25) is 24.5 Å². The molecule has 2 aliphatic heterocycles. The Balaban J connectivity index is 1.25. The lowest BCUT2D eigenvalue weighted by Crippen LogP contribution is -2.42. The minimum Gasteiger partial charge on any atom is -0.353 e. The molecule has 3 aliphatic rings. The number of carbonyl (C=O) groups is 3. The number of aromatic nitrogens is 2. The number of aromatic amines is 1. The molecule has 1 fully saturated rings. The lowest BCUT2D eigenvalue weighted by Gasteiger charge is -2.25. The van der Waals surface area contributed by atoms with E-state index in [4.69, 9.17) is 4.99 Å². The Bertz CT molecular complexity index is 1230. The number of para-hydroxylation sites is 1. The minimum absolute atomic E-state index is 0.0336. The molecule has 10 nitrogen and oxygen atoms in total. The number of nitrogens with zero attached hydrogens (tertiary/aromatic N) is 4. The molecule has 1 atom stereocenters. The van der Waals surface area contributed by atoms with E-state index in [1.54, 1.807) is 6.07 Å². The maximum absolute atomic E-state index is 13.4. The van der Waals surface area contributed by atoms with Crippen LogP contribution < -0.4 is 10.6 Å². The third-order valence-corrected chi connectivity index (χ3v) is 7.41. The van der Waals surface area contributed by atoms with Gasteiger partial charge in [-0.05, 0) is 38.3 Å². The topological polar surface area (TPSA) is 132 Å². The third-order valence-electron chi connectivity index (χ3n) is 6.47. The number of amides is 3. The first-order chi connectivity index (χ1) is 17.5. The van der Waals surface area contributed by atoms with Crippen molar-refractivity contribution in [1.82, 2.24) is 20.4 Å². The Morgan fingerprint density at radius 2 is 1.97 bits per heavy atom. The highest BCUT2D eigenvalue weighted by atomic mass is 32.2. The van der Waals surface area contributed by atoms with E-state index in [-0.39, 0.29) is 35.9 Å². The first kappa shape index (κ1) is 24.2. The molecule has 0 saturated heterocycles. The van der Waals surface area contributed by atoms with E-state index >= 15 is 0 Å². The van der Waals surface area contributed by atoms with Crippen molar-refractivity contribution in [2.45, 2.75) is 64.0 Å². The number of H-pyrrole nitrogens is 1. The number of nitrogens with one attached hydrogen (secondary N) is 3. The Hall–Kier alpha value is -3.47. The average molecular weight is 508 g/mol. The van der Waals surface area contributed by atoms with Gasteiger partial charge in [0.15, 0.2) is 11.0 Å². The first-order valence-corrected chi connectivity index (χ1v) is 13.3. The van der Waals surface area contributed by atoms with Gasteiger partial charge in [-0.15, -0.1) is 0 Å². The second kappa shape index (κ2) is 10.7. The van der Waals surface area contributed by atoms with E-state index < -0.39 is 6.04 Å². The molecule has 0 bridgehead atoms. The SMILES string of the molecule is Cc1cc(NC(=O)CSC2=Nc3ccccc3C3=N[C@H](CCC(=O)NC4CCCCC4)C(=O)N23)n[nH]1. The van der Waals surface area contributed by atoms with Gasteiger partial charge in [0.1, 0.15) is 11.9 Å². The largest absolute Gasteiger partial charge is 0.353 e. The van der Waals surface area contributed by atoms with Crippen LogP contribution in [0, 0.1) is 6.92 Å². The number of amidine groups is 2. The summed E-state index contributed by atoms with van der Waals surface area (Å²) in [6.07, 6.45) is 6.13. The highest BCUT2D eigenvalue weighted by Gasteiger charge is 2.41. The van der Waals surface area contributed by atoms with E-state index in [0.717, 1.165) is 36.9 Å². The zero-order valence-electron chi connectivity index (χ0n) is 20.1. The maximum Gasteiger partial charge on any atom is 0.259 e. The van der Waals surface area contributed by atoms with Crippen LogP contribution in [0.2, 0.25) is 0 Å². The number of benzene rings is 1. The molecule has 11 heteroatoms. The van der Waals surface area contributed by atoms with Gasteiger partial charge >= 0.3 is 0 Å². The number of carbonyl (C=O) groups excluding carboxylic acids is 3. The Kier molecular flexibility index (Phi) is 7.17. The molecule has 5 rings (SSSR count). The number of thioether (sulfide) groups is 1. The maximum atomic E-state index is 13.4. The molecule has 2 aromatic rings. The number of rotatable bonds is 7. The molecule has 1 saturated carbocycles. The molecule has 3 amide bonds. The summed E-state index contributed by atoms with van der Waals surface area (Å²) in [6, 6.07) is 8.80. The summed E-state index contributed by atoms with van der Waals surface area (Å²) in [4.78, 5) is 49.2. The summed E-state index contributed by atoms with van der Waals surface area (Å²) in [5.41, 5.74) is 2.30. The number of aryl methyl sites for hydroxylation is 1. The molecule has 0 radical (unpaired) electrons. The molecular formula is C25H29N7O3S. The van der Waals surface area contributed by atoms with Gasteiger partial charge < -0.3 is 10.6 Å². The Morgan fingerprint density at radius 3 is 2.75 bits per heavy atom. The molecular weight excluding hydrogens is 478 g/mol. The van der Waals surface area contributed by atoms with Crippen molar-refractivity contribution in [3.8, 4) is 0 Å². The van der Waals surface area contributed by atoms with Gasteiger partial charge in [0.2, 0.25) is 11.8 Å². The third kappa shape index (κ3) is 5.35. The van der Waals surface area contributed by atoms with E-state index in [1.165, 1.54) is 23.1 Å². The standard InChI is InChI=1S/C25H29N7O3S/c1-15-13-20(31-30-15)29-22(34)14-36-25-28-18-10-6-5-9-17(18)23-27-19(24(35)32(23)25)11-12-21(33)26-16-7-3-2-4-8-16/h5-6,9-10,13,16,19H,2-4,7-8,11-12,14H2,1H3,(H,26,33)(H2,29,30,31,34)/t19-/m1/s1.